The van der Waals surface area contributed by atoms with E-state index in [4.69, 9.17) is 17.3 Å². The molecular formula is C24H24ClFN4O4. The van der Waals surface area contributed by atoms with Gasteiger partial charge >= 0.3 is 12.1 Å². The molecule has 1 aromatic heterocycles. The molecule has 2 heterocycles. The van der Waals surface area contributed by atoms with Gasteiger partial charge in [0.2, 0.25) is 0 Å². The van der Waals surface area contributed by atoms with Gasteiger partial charge in [0.25, 0.3) is 0 Å². The van der Waals surface area contributed by atoms with E-state index in [1.807, 2.05) is 0 Å². The third-order valence-corrected chi connectivity index (χ3v) is 6.43. The van der Waals surface area contributed by atoms with Crippen LogP contribution < -0.4 is 11.1 Å². The summed E-state index contributed by atoms with van der Waals surface area (Å²) in [6, 6.07) is 9.59. The van der Waals surface area contributed by atoms with E-state index in [0.717, 1.165) is 0 Å². The zero-order valence-electron chi connectivity index (χ0n) is 18.2. The molecule has 3 amide bonds. The van der Waals surface area contributed by atoms with Gasteiger partial charge in [-0.15, -0.1) is 0 Å². The molecule has 34 heavy (non-hydrogen) atoms. The van der Waals surface area contributed by atoms with Crippen molar-refractivity contribution in [3.8, 4) is 0 Å². The van der Waals surface area contributed by atoms with Crippen LogP contribution in [-0.2, 0) is 11.2 Å². The fourth-order valence-corrected chi connectivity index (χ4v) is 4.59. The molecule has 0 unspecified atom stereocenters. The second kappa shape index (κ2) is 9.82. The molecule has 3 aromatic rings. The number of nitrogens with zero attached hydrogens (tertiary/aromatic N) is 2. The molecule has 0 bridgehead atoms. The Labute approximate surface area is 200 Å². The number of fused-ring (bicyclic) bond motifs is 1. The summed E-state index contributed by atoms with van der Waals surface area (Å²) in [6.07, 6.45) is 1.91. The molecule has 4 N–H and O–H groups in total. The minimum absolute atomic E-state index is 0.0118. The highest BCUT2D eigenvalue weighted by Gasteiger charge is 2.39. The van der Waals surface area contributed by atoms with Crippen molar-refractivity contribution >= 4 is 46.0 Å². The van der Waals surface area contributed by atoms with Gasteiger partial charge < -0.3 is 21.1 Å². The number of urea groups is 1. The Balaban J connectivity index is 1.52. The van der Waals surface area contributed by atoms with E-state index >= 15 is 0 Å². The third-order valence-electron chi connectivity index (χ3n) is 6.14. The zero-order valence-corrected chi connectivity index (χ0v) is 19.0. The number of carbonyl (C=O) groups excluding carboxylic acids is 3. The number of aromatic nitrogens is 1. The van der Waals surface area contributed by atoms with Gasteiger partial charge in [0.15, 0.2) is 5.78 Å². The number of nitrogens with two attached hydrogens (primary N) is 1. The molecule has 0 spiro atoms. The summed E-state index contributed by atoms with van der Waals surface area (Å²) < 4.78 is 15.4. The normalized spacial score (nSPS) is 17.8. The van der Waals surface area contributed by atoms with Crippen molar-refractivity contribution in [2.45, 2.75) is 25.3 Å². The maximum Gasteiger partial charge on any atom is 0.323 e. The maximum atomic E-state index is 14.2. The summed E-state index contributed by atoms with van der Waals surface area (Å²) in [6.45, 7) is 0.0240. The largest absolute Gasteiger partial charge is 0.396 e. The Morgan fingerprint density at radius 3 is 2.68 bits per heavy atom. The first-order chi connectivity index (χ1) is 16.3. The van der Waals surface area contributed by atoms with Gasteiger partial charge in [-0.05, 0) is 30.5 Å². The molecule has 2 aromatic carbocycles. The number of Topliss-reactive ketones (excluding diaryl/α,β-unsaturated/α-hetero) is 1. The van der Waals surface area contributed by atoms with Crippen LogP contribution in [-0.4, -0.2) is 51.6 Å². The van der Waals surface area contributed by atoms with E-state index < -0.39 is 23.9 Å². The number of ketones is 1. The van der Waals surface area contributed by atoms with Crippen LogP contribution in [0.2, 0.25) is 5.02 Å². The molecule has 1 aliphatic heterocycles. The average Bonchev–Trinajstić information content (AvgIpc) is 3.42. The standard InChI is InChI=1S/C24H24ClFN4O4/c25-17-6-3-4-15(22(17)26)8-9-21(32)20-10-14(13-31)11-30(20)24(34)28-18-12-29(23(27)33)19-7-2-1-5-16(18)19/h1-7,12,14,20,31H,8-11,13H2,(H2,27,33)(H,28,34)/t14-,20+/m1/s1. The number of aliphatic hydroxyl groups excluding tert-OH is 1. The Bertz CT molecular complexity index is 1260. The van der Waals surface area contributed by atoms with Crippen LogP contribution in [0.4, 0.5) is 19.7 Å². The number of anilines is 1. The van der Waals surface area contributed by atoms with Crippen LogP contribution in [0.1, 0.15) is 18.4 Å². The number of primary amides is 1. The molecule has 10 heteroatoms. The van der Waals surface area contributed by atoms with Gasteiger partial charge in [-0.1, -0.05) is 41.9 Å². The van der Waals surface area contributed by atoms with E-state index in [9.17, 15) is 23.9 Å². The van der Waals surface area contributed by atoms with E-state index in [0.29, 0.717) is 28.6 Å². The molecule has 1 aliphatic rings. The SMILES string of the molecule is NC(=O)n1cc(NC(=O)N2C[C@H](CO)C[C@H]2C(=O)CCc2cccc(Cl)c2F)c2ccccc21. The Morgan fingerprint density at radius 2 is 1.94 bits per heavy atom. The number of para-hydroxylation sites is 1. The lowest BCUT2D eigenvalue weighted by Crippen LogP contribution is -2.43. The zero-order chi connectivity index (χ0) is 24.4. The number of halogens is 2. The number of benzene rings is 2. The maximum absolute atomic E-state index is 14.2. The number of hydrogen-bond acceptors (Lipinski definition) is 4. The van der Waals surface area contributed by atoms with E-state index in [1.165, 1.54) is 21.7 Å². The van der Waals surface area contributed by atoms with Crippen molar-refractivity contribution in [3.05, 3.63) is 65.1 Å². The molecule has 178 valence electrons. The van der Waals surface area contributed by atoms with Crippen LogP contribution in [0.15, 0.2) is 48.7 Å². The van der Waals surface area contributed by atoms with Crippen LogP contribution >= 0.6 is 11.6 Å². The molecule has 1 saturated heterocycles. The highest BCUT2D eigenvalue weighted by atomic mass is 35.5. The Hall–Kier alpha value is -3.43. The Kier molecular flexibility index (Phi) is 6.85. The molecule has 4 rings (SSSR count). The fourth-order valence-electron chi connectivity index (χ4n) is 4.40. The first kappa shape index (κ1) is 23.7. The number of rotatable bonds is 6. The Morgan fingerprint density at radius 1 is 1.18 bits per heavy atom. The average molecular weight is 487 g/mol. The number of likely N-dealkylation sites (tertiary alicyclic amines) is 1. The lowest BCUT2D eigenvalue weighted by molar-refractivity contribution is -0.122. The first-order valence-electron chi connectivity index (χ1n) is 10.8. The van der Waals surface area contributed by atoms with Crippen LogP contribution in [0.25, 0.3) is 10.9 Å². The number of aliphatic hydroxyl groups is 1. The molecule has 0 aliphatic carbocycles. The van der Waals surface area contributed by atoms with Crippen molar-refractivity contribution in [1.82, 2.24) is 9.47 Å². The summed E-state index contributed by atoms with van der Waals surface area (Å²) >= 11 is 5.82. The van der Waals surface area contributed by atoms with Crippen molar-refractivity contribution in [2.24, 2.45) is 11.7 Å². The molecule has 1 fully saturated rings. The highest BCUT2D eigenvalue weighted by molar-refractivity contribution is 6.30. The monoisotopic (exact) mass is 486 g/mol. The number of aryl methyl sites for hydroxylation is 1. The molecule has 0 saturated carbocycles. The predicted octanol–water partition coefficient (Wildman–Crippen LogP) is 3.78. The minimum Gasteiger partial charge on any atom is -0.396 e. The summed E-state index contributed by atoms with van der Waals surface area (Å²) in [5.41, 5.74) is 6.68. The van der Waals surface area contributed by atoms with E-state index in [-0.39, 0.29) is 42.7 Å². The van der Waals surface area contributed by atoms with Gasteiger partial charge in [0, 0.05) is 37.1 Å². The minimum atomic E-state index is -0.760. The second-order valence-corrected chi connectivity index (χ2v) is 8.74. The predicted molar refractivity (Wildman–Crippen MR) is 126 cm³/mol. The lowest BCUT2D eigenvalue weighted by atomic mass is 9.99. The van der Waals surface area contributed by atoms with Gasteiger partial charge in [-0.2, -0.15) is 0 Å². The van der Waals surface area contributed by atoms with Crippen LogP contribution in [0.3, 0.4) is 0 Å². The smallest absolute Gasteiger partial charge is 0.323 e. The van der Waals surface area contributed by atoms with Crippen molar-refractivity contribution in [1.29, 1.82) is 0 Å². The summed E-state index contributed by atoms with van der Waals surface area (Å²) in [7, 11) is 0. The fraction of sp³-hybridized carbons (Fsp3) is 0.292. The van der Waals surface area contributed by atoms with Gasteiger partial charge in [0.05, 0.1) is 22.3 Å². The molecule has 8 nitrogen and oxygen atoms in total. The van der Waals surface area contributed by atoms with Crippen molar-refractivity contribution in [2.75, 3.05) is 18.5 Å². The van der Waals surface area contributed by atoms with Gasteiger partial charge in [-0.3, -0.25) is 9.36 Å². The lowest BCUT2D eigenvalue weighted by Gasteiger charge is -2.24. The second-order valence-electron chi connectivity index (χ2n) is 8.33. The summed E-state index contributed by atoms with van der Waals surface area (Å²) in [5, 5.41) is 13.0. The van der Waals surface area contributed by atoms with Gasteiger partial charge in [-0.25, -0.2) is 14.0 Å². The van der Waals surface area contributed by atoms with Crippen molar-refractivity contribution < 1.29 is 23.9 Å². The van der Waals surface area contributed by atoms with Crippen LogP contribution in [0.5, 0.6) is 0 Å². The summed E-state index contributed by atoms with van der Waals surface area (Å²) in [4.78, 5) is 39.4. The number of amides is 3. The van der Waals surface area contributed by atoms with Crippen molar-refractivity contribution in [3.63, 3.8) is 0 Å². The van der Waals surface area contributed by atoms with E-state index in [2.05, 4.69) is 5.32 Å². The van der Waals surface area contributed by atoms with Crippen LogP contribution in [0, 0.1) is 11.7 Å². The number of carbonyl (C=O) groups is 3. The topological polar surface area (TPSA) is 118 Å². The van der Waals surface area contributed by atoms with Gasteiger partial charge in [0.1, 0.15) is 5.82 Å². The summed E-state index contributed by atoms with van der Waals surface area (Å²) in [5.74, 6) is -1.04. The molecule has 2 atom stereocenters. The van der Waals surface area contributed by atoms with E-state index in [1.54, 1.807) is 36.4 Å². The molecular weight excluding hydrogens is 463 g/mol. The quantitative estimate of drug-likeness (QED) is 0.491. The third kappa shape index (κ3) is 4.62. The number of hydrogen-bond donors (Lipinski definition) is 3. The first-order valence-corrected chi connectivity index (χ1v) is 11.2. The number of nitrogens with one attached hydrogen (secondary N) is 1. The molecule has 0 radical (unpaired) electrons. The highest BCUT2D eigenvalue weighted by Crippen LogP contribution is 2.29.